The number of hydrogen-bond acceptors (Lipinski definition) is 6. The predicted molar refractivity (Wildman–Crippen MR) is 89.1 cm³/mol. The van der Waals surface area contributed by atoms with Crippen molar-refractivity contribution in [2.24, 2.45) is 5.73 Å². The molecule has 0 aromatic carbocycles. The third-order valence-corrected chi connectivity index (χ3v) is 3.63. The standard InChI is InChI=1S/C16H12F3N7O/c17-16(18,19)1-2-22-12-4-13(23-8-11(12)14(21)27)26-15-10(7-25-26)3-9(5-20)6-24-15/h3-4,6-8H,1-2H2,(H2,21,27)(H,22,23). The van der Waals surface area contributed by atoms with Crippen LogP contribution in [0.15, 0.2) is 30.7 Å². The number of anilines is 1. The molecule has 0 aliphatic heterocycles. The minimum absolute atomic E-state index is 0.0443. The van der Waals surface area contributed by atoms with Crippen molar-refractivity contribution < 1.29 is 18.0 Å². The molecular formula is C16H12F3N7O. The average Bonchev–Trinajstić information content (AvgIpc) is 3.03. The monoisotopic (exact) mass is 375 g/mol. The van der Waals surface area contributed by atoms with Gasteiger partial charge in [0, 0.05) is 30.4 Å². The van der Waals surface area contributed by atoms with Crippen LogP contribution in [-0.4, -0.2) is 38.4 Å². The van der Waals surface area contributed by atoms with Crippen LogP contribution in [0, 0.1) is 11.3 Å². The van der Waals surface area contributed by atoms with Crippen LogP contribution >= 0.6 is 0 Å². The topological polar surface area (TPSA) is 123 Å². The van der Waals surface area contributed by atoms with Gasteiger partial charge in [-0.05, 0) is 6.07 Å². The van der Waals surface area contributed by atoms with Gasteiger partial charge in [0.2, 0.25) is 0 Å². The fourth-order valence-corrected chi connectivity index (χ4v) is 2.39. The number of nitrogens with one attached hydrogen (secondary N) is 1. The number of fused-ring (bicyclic) bond motifs is 1. The van der Waals surface area contributed by atoms with E-state index in [0.717, 1.165) is 6.20 Å². The number of amides is 1. The van der Waals surface area contributed by atoms with Crippen molar-refractivity contribution in [2.45, 2.75) is 12.6 Å². The number of alkyl halides is 3. The van der Waals surface area contributed by atoms with Crippen molar-refractivity contribution in [3.8, 4) is 11.9 Å². The number of carbonyl (C=O) groups is 1. The SMILES string of the molecule is N#Cc1cnc2c(cnn2-c2cc(NCCC(F)(F)F)c(C(N)=O)cn2)c1. The van der Waals surface area contributed by atoms with E-state index in [1.54, 1.807) is 6.07 Å². The molecular weight excluding hydrogens is 363 g/mol. The summed E-state index contributed by atoms with van der Waals surface area (Å²) in [4.78, 5) is 19.7. The van der Waals surface area contributed by atoms with Crippen LogP contribution in [0.5, 0.6) is 0 Å². The van der Waals surface area contributed by atoms with Crippen LogP contribution in [0.2, 0.25) is 0 Å². The number of pyridine rings is 2. The predicted octanol–water partition coefficient (Wildman–Crippen LogP) is 2.15. The van der Waals surface area contributed by atoms with Gasteiger partial charge < -0.3 is 11.1 Å². The molecule has 0 aliphatic carbocycles. The molecule has 0 spiro atoms. The summed E-state index contributed by atoms with van der Waals surface area (Å²) in [6.45, 7) is -0.434. The second-order valence-electron chi connectivity index (χ2n) is 5.55. The number of carbonyl (C=O) groups excluding carboxylic acids is 1. The van der Waals surface area contributed by atoms with Crippen molar-refractivity contribution >= 4 is 22.6 Å². The summed E-state index contributed by atoms with van der Waals surface area (Å²) in [6.07, 6.45) is -1.42. The number of primary amides is 1. The molecule has 3 rings (SSSR count). The Kier molecular flexibility index (Phi) is 4.64. The molecule has 138 valence electrons. The van der Waals surface area contributed by atoms with E-state index >= 15 is 0 Å². The highest BCUT2D eigenvalue weighted by molar-refractivity contribution is 5.98. The Labute approximate surface area is 150 Å². The van der Waals surface area contributed by atoms with E-state index < -0.39 is 25.0 Å². The van der Waals surface area contributed by atoms with E-state index in [9.17, 15) is 18.0 Å². The van der Waals surface area contributed by atoms with Crippen LogP contribution in [0.3, 0.4) is 0 Å². The Morgan fingerprint density at radius 1 is 1.26 bits per heavy atom. The number of halogens is 3. The first-order valence-electron chi connectivity index (χ1n) is 7.63. The third kappa shape index (κ3) is 3.95. The van der Waals surface area contributed by atoms with Crippen LogP contribution in [0.4, 0.5) is 18.9 Å². The summed E-state index contributed by atoms with van der Waals surface area (Å²) in [5, 5.41) is 16.2. The highest BCUT2D eigenvalue weighted by Crippen LogP contribution is 2.23. The van der Waals surface area contributed by atoms with Gasteiger partial charge in [0.15, 0.2) is 11.5 Å². The Morgan fingerprint density at radius 3 is 2.70 bits per heavy atom. The first kappa shape index (κ1) is 18.1. The molecule has 1 amide bonds. The molecule has 3 aromatic heterocycles. The molecule has 3 aromatic rings. The molecule has 0 fully saturated rings. The van der Waals surface area contributed by atoms with Gasteiger partial charge in [0.25, 0.3) is 5.91 Å². The molecule has 0 aliphatic rings. The lowest BCUT2D eigenvalue weighted by atomic mass is 10.2. The Balaban J connectivity index is 1.98. The second kappa shape index (κ2) is 6.91. The zero-order valence-corrected chi connectivity index (χ0v) is 13.7. The first-order chi connectivity index (χ1) is 12.8. The van der Waals surface area contributed by atoms with Gasteiger partial charge in [-0.3, -0.25) is 4.79 Å². The molecule has 3 N–H and O–H groups in total. The fraction of sp³-hybridized carbons (Fsp3) is 0.188. The van der Waals surface area contributed by atoms with Gasteiger partial charge in [-0.1, -0.05) is 0 Å². The highest BCUT2D eigenvalue weighted by atomic mass is 19.4. The minimum Gasteiger partial charge on any atom is -0.384 e. The van der Waals surface area contributed by atoms with Crippen LogP contribution in [0.25, 0.3) is 16.9 Å². The maximum absolute atomic E-state index is 12.4. The lowest BCUT2D eigenvalue weighted by molar-refractivity contribution is -0.131. The number of nitrogens with zero attached hydrogens (tertiary/aromatic N) is 5. The number of aromatic nitrogens is 4. The summed E-state index contributed by atoms with van der Waals surface area (Å²) in [6, 6.07) is 4.92. The van der Waals surface area contributed by atoms with Crippen molar-refractivity contribution in [2.75, 3.05) is 11.9 Å². The van der Waals surface area contributed by atoms with E-state index in [1.165, 1.54) is 23.1 Å². The van der Waals surface area contributed by atoms with Gasteiger partial charge in [-0.2, -0.15) is 28.2 Å². The van der Waals surface area contributed by atoms with E-state index in [2.05, 4.69) is 20.4 Å². The van der Waals surface area contributed by atoms with E-state index in [4.69, 9.17) is 11.0 Å². The van der Waals surface area contributed by atoms with Gasteiger partial charge in [-0.15, -0.1) is 0 Å². The van der Waals surface area contributed by atoms with Crippen molar-refractivity contribution in [1.82, 2.24) is 19.7 Å². The number of rotatable bonds is 5. The normalized spacial score (nSPS) is 11.3. The van der Waals surface area contributed by atoms with E-state index in [0.29, 0.717) is 16.6 Å². The molecule has 0 radical (unpaired) electrons. The van der Waals surface area contributed by atoms with Crippen molar-refractivity contribution in [3.63, 3.8) is 0 Å². The molecule has 0 saturated carbocycles. The zero-order valence-electron chi connectivity index (χ0n) is 13.7. The largest absolute Gasteiger partial charge is 0.390 e. The highest BCUT2D eigenvalue weighted by Gasteiger charge is 2.26. The maximum atomic E-state index is 12.4. The van der Waals surface area contributed by atoms with Crippen molar-refractivity contribution in [3.05, 3.63) is 41.9 Å². The Morgan fingerprint density at radius 2 is 2.04 bits per heavy atom. The summed E-state index contributed by atoms with van der Waals surface area (Å²) >= 11 is 0. The maximum Gasteiger partial charge on any atom is 0.390 e. The molecule has 3 heterocycles. The number of nitriles is 1. The number of nitrogens with two attached hydrogens (primary N) is 1. The van der Waals surface area contributed by atoms with E-state index in [1.807, 2.05) is 6.07 Å². The van der Waals surface area contributed by atoms with E-state index in [-0.39, 0.29) is 17.1 Å². The van der Waals surface area contributed by atoms with Gasteiger partial charge in [0.05, 0.1) is 29.4 Å². The average molecular weight is 375 g/mol. The quantitative estimate of drug-likeness (QED) is 0.704. The third-order valence-electron chi connectivity index (χ3n) is 3.63. The van der Waals surface area contributed by atoms with Gasteiger partial charge in [0.1, 0.15) is 6.07 Å². The number of hydrogen-bond donors (Lipinski definition) is 2. The second-order valence-corrected chi connectivity index (χ2v) is 5.55. The van der Waals surface area contributed by atoms with Crippen LogP contribution in [-0.2, 0) is 0 Å². The minimum atomic E-state index is -4.34. The molecule has 0 saturated heterocycles. The molecule has 0 unspecified atom stereocenters. The molecule has 27 heavy (non-hydrogen) atoms. The molecule has 11 heteroatoms. The summed E-state index contributed by atoms with van der Waals surface area (Å²) in [5.41, 5.74) is 6.07. The Bertz CT molecular complexity index is 1050. The molecule has 8 nitrogen and oxygen atoms in total. The van der Waals surface area contributed by atoms with Crippen molar-refractivity contribution in [1.29, 1.82) is 5.26 Å². The summed E-state index contributed by atoms with van der Waals surface area (Å²) in [7, 11) is 0. The molecule has 0 bridgehead atoms. The molecule has 0 atom stereocenters. The van der Waals surface area contributed by atoms with Crippen LogP contribution < -0.4 is 11.1 Å². The fourth-order valence-electron chi connectivity index (χ4n) is 2.39. The lowest BCUT2D eigenvalue weighted by Gasteiger charge is -2.13. The Hall–Kier alpha value is -3.68. The summed E-state index contributed by atoms with van der Waals surface area (Å²) < 4.78 is 38.4. The van der Waals surface area contributed by atoms with Crippen LogP contribution in [0.1, 0.15) is 22.3 Å². The van der Waals surface area contributed by atoms with Gasteiger partial charge >= 0.3 is 6.18 Å². The lowest BCUT2D eigenvalue weighted by Crippen LogP contribution is -2.19. The smallest absolute Gasteiger partial charge is 0.384 e. The summed E-state index contributed by atoms with van der Waals surface area (Å²) in [5.74, 6) is -0.604. The van der Waals surface area contributed by atoms with Gasteiger partial charge in [-0.25, -0.2) is 9.97 Å². The first-order valence-corrected chi connectivity index (χ1v) is 7.63. The zero-order chi connectivity index (χ0) is 19.6.